The number of unbranched alkanes of at least 4 members (excludes halogenated alkanes) is 3. The smallest absolute Gasteiger partial charge is 0.149 e. The fraction of sp³-hybridized carbons (Fsp3) is 1.00. The first-order chi connectivity index (χ1) is 9.45. The van der Waals surface area contributed by atoms with Gasteiger partial charge in [-0.3, -0.25) is 4.18 Å². The van der Waals surface area contributed by atoms with Crippen LogP contribution in [0.1, 0.15) is 59.3 Å². The zero-order valence-corrected chi connectivity index (χ0v) is 15.5. The summed E-state index contributed by atoms with van der Waals surface area (Å²) in [7, 11) is -1.04. The summed E-state index contributed by atoms with van der Waals surface area (Å²) in [4.78, 5) is 0. The molecule has 0 aromatic heterocycles. The number of hydrogen-bond donors (Lipinski definition) is 0. The molecule has 0 rings (SSSR count). The van der Waals surface area contributed by atoms with E-state index < -0.39 is 8.77 Å². The van der Waals surface area contributed by atoms with E-state index in [1.165, 1.54) is 65.3 Å². The van der Waals surface area contributed by atoms with Crippen molar-refractivity contribution < 1.29 is 12.9 Å². The lowest BCUT2D eigenvalue weighted by molar-refractivity contribution is -0.926. The summed E-state index contributed by atoms with van der Waals surface area (Å²) < 4.78 is 18.1. The molecular weight excluding hydrogens is 290 g/mol. The Hall–Kier alpha value is 0.290. The molecule has 0 aromatic carbocycles. The molecule has 0 aliphatic rings. The SMILES string of the molecule is CCCC[N+](CCCC)(CCCC)CCS(=O)(=S)OC. The average molecular weight is 325 g/mol. The van der Waals surface area contributed by atoms with Crippen LogP contribution in [0.4, 0.5) is 0 Å². The minimum Gasteiger partial charge on any atom is -0.323 e. The molecule has 0 saturated heterocycles. The third-order valence-corrected chi connectivity index (χ3v) is 6.13. The van der Waals surface area contributed by atoms with E-state index in [-0.39, 0.29) is 0 Å². The van der Waals surface area contributed by atoms with Gasteiger partial charge >= 0.3 is 0 Å². The monoisotopic (exact) mass is 324 g/mol. The van der Waals surface area contributed by atoms with E-state index in [0.29, 0.717) is 5.75 Å². The van der Waals surface area contributed by atoms with Crippen molar-refractivity contribution in [2.24, 2.45) is 0 Å². The van der Waals surface area contributed by atoms with E-state index >= 15 is 0 Å². The summed E-state index contributed by atoms with van der Waals surface area (Å²) in [5.74, 6) is 0.510. The van der Waals surface area contributed by atoms with Gasteiger partial charge in [-0.25, -0.2) is 4.21 Å². The molecule has 0 spiro atoms. The van der Waals surface area contributed by atoms with Crippen LogP contribution >= 0.6 is 0 Å². The summed E-state index contributed by atoms with van der Waals surface area (Å²) >= 11 is 5.05. The average Bonchev–Trinajstić information content (AvgIpc) is 2.46. The van der Waals surface area contributed by atoms with Crippen LogP contribution in [0.15, 0.2) is 0 Å². The summed E-state index contributed by atoms with van der Waals surface area (Å²) in [5, 5.41) is 0. The fourth-order valence-corrected chi connectivity index (χ4v) is 3.54. The van der Waals surface area contributed by atoms with Crippen LogP contribution in [0.25, 0.3) is 0 Å². The highest BCUT2D eigenvalue weighted by atomic mass is 32.8. The predicted molar refractivity (Wildman–Crippen MR) is 91.8 cm³/mol. The minimum atomic E-state index is -2.51. The van der Waals surface area contributed by atoms with Crippen LogP contribution in [0.5, 0.6) is 0 Å². The molecule has 0 fully saturated rings. The van der Waals surface area contributed by atoms with E-state index in [1.807, 2.05) is 0 Å². The van der Waals surface area contributed by atoms with Crippen molar-refractivity contribution in [1.82, 2.24) is 0 Å². The van der Waals surface area contributed by atoms with Crippen molar-refractivity contribution in [2.75, 3.05) is 39.0 Å². The van der Waals surface area contributed by atoms with Crippen LogP contribution in [-0.4, -0.2) is 47.7 Å². The first-order valence-electron chi connectivity index (χ1n) is 8.08. The third kappa shape index (κ3) is 8.55. The molecule has 0 N–H and O–H groups in total. The van der Waals surface area contributed by atoms with Crippen molar-refractivity contribution in [1.29, 1.82) is 0 Å². The molecule has 0 bridgehead atoms. The lowest BCUT2D eigenvalue weighted by atomic mass is 10.1. The van der Waals surface area contributed by atoms with Crippen molar-refractivity contribution in [3.05, 3.63) is 0 Å². The molecule has 1 unspecified atom stereocenters. The third-order valence-electron chi connectivity index (χ3n) is 4.03. The Balaban J connectivity index is 4.83. The highest BCUT2D eigenvalue weighted by molar-refractivity contribution is 8.30. The molecule has 0 saturated carbocycles. The van der Waals surface area contributed by atoms with Crippen molar-refractivity contribution in [3.8, 4) is 0 Å². The Morgan fingerprint density at radius 1 is 0.900 bits per heavy atom. The van der Waals surface area contributed by atoms with Gasteiger partial charge in [0, 0.05) is 11.2 Å². The largest absolute Gasteiger partial charge is 0.323 e. The molecule has 3 nitrogen and oxygen atoms in total. The standard InChI is InChI=1S/C15H34NO2S2/c1-5-8-11-16(12-9-6-2,13-10-7-3)14-15-20(17,19)18-4/h5-15H2,1-4H3/q+1. The fourth-order valence-electron chi connectivity index (χ4n) is 2.54. The van der Waals surface area contributed by atoms with E-state index in [0.717, 1.165) is 11.0 Å². The van der Waals surface area contributed by atoms with E-state index in [4.69, 9.17) is 15.4 Å². The maximum absolute atomic E-state index is 12.0. The molecular formula is C15H34NO2S2+. The van der Waals surface area contributed by atoms with Gasteiger partial charge in [0.05, 0.1) is 39.0 Å². The summed E-state index contributed by atoms with van der Waals surface area (Å²) in [6, 6.07) is 0. The Kier molecular flexibility index (Phi) is 11.1. The quantitative estimate of drug-likeness (QED) is 0.485. The van der Waals surface area contributed by atoms with Crippen molar-refractivity contribution >= 4 is 20.0 Å². The lowest BCUT2D eigenvalue weighted by Crippen LogP contribution is -2.52. The summed E-state index contributed by atoms with van der Waals surface area (Å²) in [5.41, 5.74) is 0. The van der Waals surface area contributed by atoms with Crippen molar-refractivity contribution in [3.63, 3.8) is 0 Å². The normalized spacial score (nSPS) is 15.2. The maximum Gasteiger partial charge on any atom is 0.149 e. The molecule has 0 aliphatic carbocycles. The van der Waals surface area contributed by atoms with Gasteiger partial charge in [-0.1, -0.05) is 40.0 Å². The molecule has 122 valence electrons. The van der Waals surface area contributed by atoms with Crippen LogP contribution in [0.3, 0.4) is 0 Å². The highest BCUT2D eigenvalue weighted by Crippen LogP contribution is 2.15. The van der Waals surface area contributed by atoms with Gasteiger partial charge in [-0.05, 0) is 19.3 Å². The number of hydrogen-bond acceptors (Lipinski definition) is 3. The number of rotatable bonds is 13. The molecule has 0 aromatic rings. The second-order valence-corrected chi connectivity index (χ2v) is 9.11. The summed E-state index contributed by atoms with van der Waals surface area (Å²) in [6.45, 7) is 11.2. The van der Waals surface area contributed by atoms with E-state index in [1.54, 1.807) is 0 Å². The van der Waals surface area contributed by atoms with Gasteiger partial charge in [-0.15, -0.1) is 0 Å². The second-order valence-electron chi connectivity index (χ2n) is 5.73. The van der Waals surface area contributed by atoms with Crippen molar-refractivity contribution in [2.45, 2.75) is 59.3 Å². The van der Waals surface area contributed by atoms with Gasteiger partial charge in [0.15, 0.2) is 0 Å². The first kappa shape index (κ1) is 20.3. The zero-order valence-electron chi connectivity index (χ0n) is 13.9. The van der Waals surface area contributed by atoms with Gasteiger partial charge < -0.3 is 4.48 Å². The molecule has 0 amide bonds. The number of quaternary nitrogens is 1. The van der Waals surface area contributed by atoms with Crippen LogP contribution < -0.4 is 0 Å². The van der Waals surface area contributed by atoms with E-state index in [2.05, 4.69) is 20.8 Å². The van der Waals surface area contributed by atoms with Crippen LogP contribution in [-0.2, 0) is 24.1 Å². The molecule has 0 heterocycles. The lowest BCUT2D eigenvalue weighted by Gasteiger charge is -2.39. The summed E-state index contributed by atoms with van der Waals surface area (Å²) in [6.07, 6.45) is 7.35. The first-order valence-corrected chi connectivity index (χ1v) is 10.7. The highest BCUT2D eigenvalue weighted by Gasteiger charge is 2.27. The minimum absolute atomic E-state index is 0.510. The number of nitrogens with zero attached hydrogens (tertiary/aromatic N) is 1. The predicted octanol–water partition coefficient (Wildman–Crippen LogP) is 3.51. The molecule has 1 atom stereocenters. The maximum atomic E-state index is 12.0. The van der Waals surface area contributed by atoms with Gasteiger partial charge in [0.1, 0.15) is 8.77 Å². The molecule has 0 radical (unpaired) electrons. The Morgan fingerprint density at radius 2 is 1.30 bits per heavy atom. The molecule has 5 heteroatoms. The van der Waals surface area contributed by atoms with Gasteiger partial charge in [0.2, 0.25) is 0 Å². The molecule has 20 heavy (non-hydrogen) atoms. The topological polar surface area (TPSA) is 26.3 Å². The van der Waals surface area contributed by atoms with E-state index in [9.17, 15) is 4.21 Å². The second kappa shape index (κ2) is 10.9. The Morgan fingerprint density at radius 3 is 1.60 bits per heavy atom. The Bertz CT molecular complexity index is 307. The van der Waals surface area contributed by atoms with Gasteiger partial charge in [0.25, 0.3) is 0 Å². The Labute approximate surface area is 131 Å². The zero-order chi connectivity index (χ0) is 15.5. The van der Waals surface area contributed by atoms with Gasteiger partial charge in [-0.2, -0.15) is 0 Å². The van der Waals surface area contributed by atoms with Crippen LogP contribution in [0.2, 0.25) is 0 Å². The van der Waals surface area contributed by atoms with Crippen LogP contribution in [0, 0.1) is 0 Å². The molecule has 0 aliphatic heterocycles.